The standard InChI is InChI=1S/C27H28N10O2S2/c1-3-41(38,39)36-16-27(17-36,10-11-28)37-15-20(14-30-37)23-24-22(9-13-40-24)32-26(33-23)31-21-6-4-19(5-7-21)25-29-12-8-18(2)34-35-25/h4-7,9,13-15H,3,8,10,12,16-17H2,1-2H3,(H,29,35)(H,31,32,33). The fraction of sp³-hybridized carbons (Fsp3) is 0.333. The Morgan fingerprint density at radius 2 is 1.98 bits per heavy atom. The molecule has 1 aromatic carbocycles. The molecule has 3 aromatic heterocycles. The van der Waals surface area contributed by atoms with Crippen LogP contribution < -0.4 is 10.7 Å². The number of thiophene rings is 1. The number of nitriles is 1. The zero-order valence-corrected chi connectivity index (χ0v) is 24.2. The number of sulfonamides is 1. The molecule has 0 radical (unpaired) electrons. The van der Waals surface area contributed by atoms with Gasteiger partial charge in [0, 0.05) is 54.8 Å². The smallest absolute Gasteiger partial charge is 0.228 e. The van der Waals surface area contributed by atoms with Crippen LogP contribution >= 0.6 is 11.3 Å². The SMILES string of the molecule is CCS(=O)(=O)N1CC(CC#N)(n2cc(-c3nc(Nc4ccc(C5=NCCC(C)=NN5)cc4)nc4ccsc34)cn2)C1. The molecule has 1 fully saturated rings. The Bertz CT molecular complexity index is 1810. The number of rotatable bonds is 8. The third kappa shape index (κ3) is 5.19. The monoisotopic (exact) mass is 588 g/mol. The predicted octanol–water partition coefficient (Wildman–Crippen LogP) is 3.69. The normalized spacial score (nSPS) is 17.1. The van der Waals surface area contributed by atoms with E-state index in [9.17, 15) is 13.7 Å². The highest BCUT2D eigenvalue weighted by molar-refractivity contribution is 7.89. The van der Waals surface area contributed by atoms with Gasteiger partial charge in [0.2, 0.25) is 16.0 Å². The molecule has 2 N–H and O–H groups in total. The molecule has 41 heavy (non-hydrogen) atoms. The highest BCUT2D eigenvalue weighted by Gasteiger charge is 2.49. The maximum atomic E-state index is 12.3. The van der Waals surface area contributed by atoms with E-state index in [0.29, 0.717) is 18.2 Å². The van der Waals surface area contributed by atoms with Crippen LogP contribution in [0.4, 0.5) is 11.6 Å². The molecule has 4 aromatic rings. The van der Waals surface area contributed by atoms with E-state index in [2.05, 4.69) is 32.0 Å². The van der Waals surface area contributed by atoms with Gasteiger partial charge in [-0.15, -0.1) is 11.3 Å². The van der Waals surface area contributed by atoms with Gasteiger partial charge in [-0.25, -0.2) is 18.4 Å². The maximum absolute atomic E-state index is 12.3. The van der Waals surface area contributed by atoms with E-state index in [1.54, 1.807) is 17.8 Å². The van der Waals surface area contributed by atoms with Gasteiger partial charge in [0.15, 0.2) is 0 Å². The van der Waals surface area contributed by atoms with Crippen molar-refractivity contribution in [1.82, 2.24) is 29.5 Å². The topological polar surface area (TPSA) is 154 Å². The number of aromatic nitrogens is 4. The molecule has 0 amide bonds. The third-order valence-electron chi connectivity index (χ3n) is 7.26. The van der Waals surface area contributed by atoms with Crippen LogP contribution in [0, 0.1) is 11.3 Å². The number of anilines is 2. The van der Waals surface area contributed by atoms with E-state index >= 15 is 0 Å². The number of amidine groups is 1. The molecule has 0 bridgehead atoms. The molecule has 0 aliphatic carbocycles. The number of hydrogen-bond donors (Lipinski definition) is 2. The Morgan fingerprint density at radius 3 is 2.73 bits per heavy atom. The molecule has 210 valence electrons. The zero-order chi connectivity index (χ0) is 28.6. The van der Waals surface area contributed by atoms with Gasteiger partial charge in [-0.3, -0.25) is 15.1 Å². The molecule has 0 spiro atoms. The number of nitrogens with one attached hydrogen (secondary N) is 2. The average Bonchev–Trinajstić information content (AvgIpc) is 3.58. The van der Waals surface area contributed by atoms with Gasteiger partial charge in [0.25, 0.3) is 0 Å². The summed E-state index contributed by atoms with van der Waals surface area (Å²) in [6.07, 6.45) is 4.54. The fourth-order valence-electron chi connectivity index (χ4n) is 4.86. The molecular formula is C27H28N10O2S2. The Kier molecular flexibility index (Phi) is 7.02. The van der Waals surface area contributed by atoms with Crippen LogP contribution in [0.2, 0.25) is 0 Å². The van der Waals surface area contributed by atoms with Crippen molar-refractivity contribution in [3.63, 3.8) is 0 Å². The third-order valence-corrected chi connectivity index (χ3v) is 9.95. The molecule has 0 atom stereocenters. The summed E-state index contributed by atoms with van der Waals surface area (Å²) in [4.78, 5) is 14.1. The van der Waals surface area contributed by atoms with Gasteiger partial charge in [-0.1, -0.05) is 0 Å². The molecule has 2 aliphatic heterocycles. The second kappa shape index (κ2) is 10.7. The number of benzene rings is 1. The average molecular weight is 589 g/mol. The van der Waals surface area contributed by atoms with E-state index in [-0.39, 0.29) is 25.3 Å². The molecule has 6 rings (SSSR count). The number of aliphatic imine (C=N–C) groups is 1. The Hall–Kier alpha value is -4.19. The fourth-order valence-corrected chi connectivity index (χ4v) is 6.94. The maximum Gasteiger partial charge on any atom is 0.228 e. The van der Waals surface area contributed by atoms with Crippen LogP contribution in [0.3, 0.4) is 0 Å². The summed E-state index contributed by atoms with van der Waals surface area (Å²) in [6, 6.07) is 12.0. The van der Waals surface area contributed by atoms with Crippen molar-refractivity contribution in [3.8, 4) is 17.3 Å². The molecule has 2 aliphatic rings. The molecule has 12 nitrogen and oxygen atoms in total. The van der Waals surface area contributed by atoms with Crippen molar-refractivity contribution in [2.75, 3.05) is 30.7 Å². The van der Waals surface area contributed by atoms with E-state index in [4.69, 9.17) is 9.97 Å². The van der Waals surface area contributed by atoms with Gasteiger partial charge in [0.05, 0.1) is 40.4 Å². The molecule has 5 heterocycles. The number of fused-ring (bicyclic) bond motifs is 1. The highest BCUT2D eigenvalue weighted by Crippen LogP contribution is 2.37. The van der Waals surface area contributed by atoms with Crippen LogP contribution in [-0.2, 0) is 15.6 Å². The predicted molar refractivity (Wildman–Crippen MR) is 160 cm³/mol. The van der Waals surface area contributed by atoms with E-state index < -0.39 is 15.6 Å². The molecular weight excluding hydrogens is 560 g/mol. The molecule has 1 saturated heterocycles. The summed E-state index contributed by atoms with van der Waals surface area (Å²) < 4.78 is 28.7. The zero-order valence-electron chi connectivity index (χ0n) is 22.6. The van der Waals surface area contributed by atoms with Crippen molar-refractivity contribution >= 4 is 54.8 Å². The second-order valence-corrected chi connectivity index (χ2v) is 13.2. The van der Waals surface area contributed by atoms with E-state index in [1.165, 1.54) is 15.6 Å². The van der Waals surface area contributed by atoms with E-state index in [0.717, 1.165) is 45.0 Å². The summed E-state index contributed by atoms with van der Waals surface area (Å²) in [6.45, 7) is 4.72. The minimum absolute atomic E-state index is 0.0235. The van der Waals surface area contributed by atoms with Gasteiger partial charge in [0.1, 0.15) is 11.4 Å². The second-order valence-electron chi connectivity index (χ2n) is 10.1. The largest absolute Gasteiger partial charge is 0.324 e. The van der Waals surface area contributed by atoms with Crippen molar-refractivity contribution in [1.29, 1.82) is 5.26 Å². The van der Waals surface area contributed by atoms with E-state index in [1.807, 2.05) is 48.8 Å². The summed E-state index contributed by atoms with van der Waals surface area (Å²) in [5, 5.41) is 23.7. The molecule has 14 heteroatoms. The van der Waals surface area contributed by atoms with Gasteiger partial charge in [-0.2, -0.15) is 19.8 Å². The lowest BCUT2D eigenvalue weighted by Crippen LogP contribution is -2.64. The first kappa shape index (κ1) is 27.0. The van der Waals surface area contributed by atoms with Crippen molar-refractivity contribution in [2.24, 2.45) is 10.1 Å². The van der Waals surface area contributed by atoms with Crippen LogP contribution in [0.15, 0.2) is 58.2 Å². The minimum atomic E-state index is -3.33. The molecule has 0 unspecified atom stereocenters. The Balaban J connectivity index is 1.26. The van der Waals surface area contributed by atoms with Crippen LogP contribution in [-0.4, -0.2) is 69.4 Å². The lowest BCUT2D eigenvalue weighted by atomic mass is 9.89. The van der Waals surface area contributed by atoms with Crippen molar-refractivity contribution in [3.05, 3.63) is 53.7 Å². The van der Waals surface area contributed by atoms with Gasteiger partial charge < -0.3 is 5.32 Å². The first-order chi connectivity index (χ1) is 19.8. The van der Waals surface area contributed by atoms with Crippen LogP contribution in [0.5, 0.6) is 0 Å². The first-order valence-corrected chi connectivity index (χ1v) is 15.7. The number of nitrogens with zero attached hydrogens (tertiary/aromatic N) is 8. The summed E-state index contributed by atoms with van der Waals surface area (Å²) in [7, 11) is -3.33. The quantitative estimate of drug-likeness (QED) is 0.316. The summed E-state index contributed by atoms with van der Waals surface area (Å²) >= 11 is 1.54. The summed E-state index contributed by atoms with van der Waals surface area (Å²) in [5.74, 6) is 1.20. The summed E-state index contributed by atoms with van der Waals surface area (Å²) in [5.41, 5.74) is 7.37. The minimum Gasteiger partial charge on any atom is -0.324 e. The lowest BCUT2D eigenvalue weighted by Gasteiger charge is -2.47. The van der Waals surface area contributed by atoms with Gasteiger partial charge >= 0.3 is 0 Å². The van der Waals surface area contributed by atoms with Gasteiger partial charge in [-0.05, 0) is 49.6 Å². The number of hydrogen-bond acceptors (Lipinski definition) is 11. The highest BCUT2D eigenvalue weighted by atomic mass is 32.2. The van der Waals surface area contributed by atoms with Crippen molar-refractivity contribution in [2.45, 2.75) is 32.2 Å². The number of hydrazone groups is 1. The van der Waals surface area contributed by atoms with Crippen LogP contribution in [0.1, 0.15) is 32.3 Å². The molecule has 0 saturated carbocycles. The Morgan fingerprint density at radius 1 is 1.17 bits per heavy atom. The van der Waals surface area contributed by atoms with Crippen LogP contribution in [0.25, 0.3) is 21.5 Å². The lowest BCUT2D eigenvalue weighted by molar-refractivity contribution is 0.0719. The Labute approximate surface area is 241 Å². The first-order valence-electron chi connectivity index (χ1n) is 13.2. The van der Waals surface area contributed by atoms with Crippen molar-refractivity contribution < 1.29 is 8.42 Å².